The largest absolute Gasteiger partial charge is 0.496 e. The summed E-state index contributed by atoms with van der Waals surface area (Å²) in [5.74, 6) is 0.407. The molecule has 0 unspecified atom stereocenters. The van der Waals surface area contributed by atoms with Gasteiger partial charge in [-0.2, -0.15) is 0 Å². The summed E-state index contributed by atoms with van der Waals surface area (Å²) in [6.07, 6.45) is 1.65. The summed E-state index contributed by atoms with van der Waals surface area (Å²) in [6.45, 7) is 3.17. The van der Waals surface area contributed by atoms with E-state index in [0.29, 0.717) is 30.0 Å². The van der Waals surface area contributed by atoms with Crippen molar-refractivity contribution in [2.75, 3.05) is 19.0 Å². The molecule has 1 aromatic carbocycles. The third-order valence-corrected chi connectivity index (χ3v) is 4.28. The maximum absolute atomic E-state index is 14.3. The van der Waals surface area contributed by atoms with E-state index in [1.54, 1.807) is 25.4 Å². The number of anilines is 1. The Balaban J connectivity index is 1.81. The molecule has 3 rings (SSSR count). The minimum Gasteiger partial charge on any atom is -0.496 e. The fourth-order valence-corrected chi connectivity index (χ4v) is 3.00. The topological polar surface area (TPSA) is 65.1 Å². The summed E-state index contributed by atoms with van der Waals surface area (Å²) >= 11 is 4.94. The van der Waals surface area contributed by atoms with E-state index in [1.165, 1.54) is 6.07 Å². The zero-order valence-corrected chi connectivity index (χ0v) is 14.9. The zero-order valence-electron chi connectivity index (χ0n) is 14.0. The highest BCUT2D eigenvalue weighted by Gasteiger charge is 2.14. The predicted octanol–water partition coefficient (Wildman–Crippen LogP) is 3.24. The Bertz CT molecular complexity index is 938. The minimum absolute atomic E-state index is 0.255. The number of aryl methyl sites for hydroxylation is 1. The Morgan fingerprint density at radius 2 is 2.16 bits per heavy atom. The van der Waals surface area contributed by atoms with E-state index in [4.69, 9.17) is 22.7 Å². The summed E-state index contributed by atoms with van der Waals surface area (Å²) in [5.41, 5.74) is 8.56. The molecule has 0 saturated carbocycles. The molecule has 2 heterocycles. The van der Waals surface area contributed by atoms with Crippen LogP contribution in [0.5, 0.6) is 5.75 Å². The van der Waals surface area contributed by atoms with Crippen molar-refractivity contribution < 1.29 is 9.13 Å². The number of rotatable bonds is 6. The summed E-state index contributed by atoms with van der Waals surface area (Å²) < 4.78 is 21.6. The van der Waals surface area contributed by atoms with Gasteiger partial charge >= 0.3 is 0 Å². The molecule has 3 aromatic rings. The molecule has 7 heteroatoms. The Hall–Kier alpha value is -2.67. The van der Waals surface area contributed by atoms with Crippen LogP contribution >= 0.6 is 12.2 Å². The lowest BCUT2D eigenvalue weighted by Gasteiger charge is -2.12. The van der Waals surface area contributed by atoms with E-state index >= 15 is 0 Å². The first kappa shape index (κ1) is 17.2. The number of pyridine rings is 1. The van der Waals surface area contributed by atoms with Gasteiger partial charge in [0, 0.05) is 36.1 Å². The summed E-state index contributed by atoms with van der Waals surface area (Å²) in [6, 6.07) is 8.66. The van der Waals surface area contributed by atoms with Gasteiger partial charge in [-0.25, -0.2) is 4.39 Å². The van der Waals surface area contributed by atoms with Crippen LogP contribution in [0.15, 0.2) is 36.5 Å². The fraction of sp³-hybridized carbons (Fsp3) is 0.222. The number of nitrogens with two attached hydrogens (primary N) is 1. The van der Waals surface area contributed by atoms with Gasteiger partial charge in [-0.15, -0.1) is 0 Å². The first-order chi connectivity index (χ1) is 12.0. The number of benzene rings is 1. The normalized spacial score (nSPS) is 10.8. The van der Waals surface area contributed by atoms with Gasteiger partial charge in [-0.1, -0.05) is 12.2 Å². The number of fused-ring (bicyclic) bond motifs is 1. The Kier molecular flexibility index (Phi) is 4.85. The van der Waals surface area contributed by atoms with Crippen LogP contribution in [0, 0.1) is 12.7 Å². The Labute approximate surface area is 150 Å². The predicted molar refractivity (Wildman–Crippen MR) is 102 cm³/mol. The van der Waals surface area contributed by atoms with E-state index in [-0.39, 0.29) is 10.8 Å². The first-order valence-corrected chi connectivity index (χ1v) is 8.24. The Morgan fingerprint density at radius 1 is 1.36 bits per heavy atom. The lowest BCUT2D eigenvalue weighted by atomic mass is 10.2. The van der Waals surface area contributed by atoms with Gasteiger partial charge in [0.25, 0.3) is 0 Å². The number of nitrogens with one attached hydrogen (secondary N) is 1. The van der Waals surface area contributed by atoms with Crippen molar-refractivity contribution in [2.24, 2.45) is 5.73 Å². The van der Waals surface area contributed by atoms with E-state index in [9.17, 15) is 4.39 Å². The first-order valence-electron chi connectivity index (χ1n) is 7.83. The van der Waals surface area contributed by atoms with Crippen LogP contribution in [-0.2, 0) is 6.54 Å². The van der Waals surface area contributed by atoms with Gasteiger partial charge in [0.15, 0.2) is 0 Å². The summed E-state index contributed by atoms with van der Waals surface area (Å²) in [7, 11) is 1.59. The van der Waals surface area contributed by atoms with Gasteiger partial charge in [-0.3, -0.25) is 4.98 Å². The standard InChI is InChI=1S/C18H19FN4OS/c1-11-9-13-16(24-2)4-3-14(19)17(13)23(11)8-7-21-12-5-6-22-15(10-12)18(20)25/h3-6,9-10H,7-8H2,1-2H3,(H2,20,25)(H,21,22). The fourth-order valence-electron chi connectivity index (χ4n) is 2.89. The molecule has 0 aliphatic rings. The van der Waals surface area contributed by atoms with Crippen molar-refractivity contribution in [1.29, 1.82) is 0 Å². The van der Waals surface area contributed by atoms with Crippen LogP contribution in [0.25, 0.3) is 10.9 Å². The average Bonchev–Trinajstić information content (AvgIpc) is 2.93. The van der Waals surface area contributed by atoms with Crippen LogP contribution in [0.3, 0.4) is 0 Å². The smallest absolute Gasteiger partial charge is 0.147 e. The second-order valence-electron chi connectivity index (χ2n) is 5.67. The maximum atomic E-state index is 14.3. The van der Waals surface area contributed by atoms with E-state index < -0.39 is 0 Å². The number of methoxy groups -OCH3 is 1. The molecule has 0 amide bonds. The highest BCUT2D eigenvalue weighted by atomic mass is 32.1. The van der Waals surface area contributed by atoms with Crippen molar-refractivity contribution in [3.8, 4) is 5.75 Å². The second kappa shape index (κ2) is 7.06. The Morgan fingerprint density at radius 3 is 2.88 bits per heavy atom. The molecule has 130 valence electrons. The highest BCUT2D eigenvalue weighted by Crippen LogP contribution is 2.30. The van der Waals surface area contributed by atoms with Crippen LogP contribution in [-0.4, -0.2) is 28.2 Å². The van der Waals surface area contributed by atoms with Gasteiger partial charge in [0.2, 0.25) is 0 Å². The number of thiocarbonyl (C=S) groups is 1. The molecule has 0 spiro atoms. The number of hydrogen-bond donors (Lipinski definition) is 2. The zero-order chi connectivity index (χ0) is 18.0. The number of aromatic nitrogens is 2. The van der Waals surface area contributed by atoms with Gasteiger partial charge < -0.3 is 20.4 Å². The molecule has 3 N–H and O–H groups in total. The van der Waals surface area contributed by atoms with Crippen molar-refractivity contribution in [3.63, 3.8) is 0 Å². The molecule has 0 atom stereocenters. The van der Waals surface area contributed by atoms with E-state index in [0.717, 1.165) is 16.8 Å². The summed E-state index contributed by atoms with van der Waals surface area (Å²) in [5, 5.41) is 4.07. The van der Waals surface area contributed by atoms with Gasteiger partial charge in [-0.05, 0) is 37.3 Å². The van der Waals surface area contributed by atoms with Crippen LogP contribution in [0.2, 0.25) is 0 Å². The van der Waals surface area contributed by atoms with Crippen molar-refractivity contribution in [2.45, 2.75) is 13.5 Å². The summed E-state index contributed by atoms with van der Waals surface area (Å²) in [4.78, 5) is 4.36. The number of halogens is 1. The molecule has 0 fully saturated rings. The SMILES string of the molecule is COc1ccc(F)c2c1cc(C)n2CCNc1ccnc(C(N)=S)c1. The highest BCUT2D eigenvalue weighted by molar-refractivity contribution is 7.80. The van der Waals surface area contributed by atoms with Crippen molar-refractivity contribution >= 4 is 33.8 Å². The molecule has 0 aliphatic carbocycles. The number of ether oxygens (including phenoxy) is 1. The maximum Gasteiger partial charge on any atom is 0.147 e. The van der Waals surface area contributed by atoms with Crippen LogP contribution in [0.1, 0.15) is 11.4 Å². The third kappa shape index (κ3) is 3.41. The molecule has 2 aromatic heterocycles. The lowest BCUT2D eigenvalue weighted by molar-refractivity contribution is 0.419. The third-order valence-electron chi connectivity index (χ3n) is 4.07. The average molecular weight is 358 g/mol. The van der Waals surface area contributed by atoms with E-state index in [2.05, 4.69) is 10.3 Å². The second-order valence-corrected chi connectivity index (χ2v) is 6.11. The minimum atomic E-state index is -0.261. The molecular weight excluding hydrogens is 339 g/mol. The quantitative estimate of drug-likeness (QED) is 0.662. The molecule has 0 bridgehead atoms. The van der Waals surface area contributed by atoms with Crippen LogP contribution in [0.4, 0.5) is 10.1 Å². The molecular formula is C18H19FN4OS. The van der Waals surface area contributed by atoms with Gasteiger partial charge in [0.05, 0.1) is 18.3 Å². The molecule has 0 radical (unpaired) electrons. The lowest BCUT2D eigenvalue weighted by Crippen LogP contribution is -2.14. The van der Waals surface area contributed by atoms with Crippen molar-refractivity contribution in [1.82, 2.24) is 9.55 Å². The molecule has 5 nitrogen and oxygen atoms in total. The number of nitrogens with zero attached hydrogens (tertiary/aromatic N) is 2. The van der Waals surface area contributed by atoms with Crippen molar-refractivity contribution in [3.05, 3.63) is 53.7 Å². The van der Waals surface area contributed by atoms with Gasteiger partial charge in [0.1, 0.15) is 16.6 Å². The molecule has 0 aliphatic heterocycles. The van der Waals surface area contributed by atoms with E-state index in [1.807, 2.05) is 23.6 Å². The monoisotopic (exact) mass is 358 g/mol. The molecule has 0 saturated heterocycles. The van der Waals surface area contributed by atoms with Crippen LogP contribution < -0.4 is 15.8 Å². The molecule has 25 heavy (non-hydrogen) atoms. The number of hydrogen-bond acceptors (Lipinski definition) is 4.